The van der Waals surface area contributed by atoms with E-state index in [0.29, 0.717) is 9.21 Å². The highest BCUT2D eigenvalue weighted by Crippen LogP contribution is 2.26. The smallest absolute Gasteiger partial charge is 0.265 e. The van der Waals surface area contributed by atoms with E-state index in [0.717, 1.165) is 11.3 Å². The van der Waals surface area contributed by atoms with E-state index in [1.54, 1.807) is 26.0 Å². The molecule has 0 saturated carbocycles. The zero-order valence-corrected chi connectivity index (χ0v) is 11.4. The van der Waals surface area contributed by atoms with Crippen LogP contribution in [0, 0.1) is 0 Å². The van der Waals surface area contributed by atoms with E-state index >= 15 is 0 Å². The molecule has 96 valence electrons. The van der Waals surface area contributed by atoms with Gasteiger partial charge in [0.1, 0.15) is 12.1 Å². The Bertz CT molecular complexity index is 538. The van der Waals surface area contributed by atoms with Gasteiger partial charge in [-0.2, -0.15) is 0 Å². The van der Waals surface area contributed by atoms with Gasteiger partial charge in [-0.15, -0.1) is 11.3 Å². The summed E-state index contributed by atoms with van der Waals surface area (Å²) in [4.78, 5) is 37.0. The third-order valence-electron chi connectivity index (χ3n) is 2.81. The standard InChI is InChI=1S/C11H11ClN2O3S/c1-11(2)10(17)13-8(15)5-14(11)9(16)6-3-4-7(12)18-6/h3-4H,5H2,1-2H3,(H,13,15,17). The zero-order chi connectivity index (χ0) is 13.5. The van der Waals surface area contributed by atoms with Gasteiger partial charge in [-0.3, -0.25) is 19.7 Å². The number of rotatable bonds is 1. The third-order valence-corrected chi connectivity index (χ3v) is 4.03. The highest BCUT2D eigenvalue weighted by Gasteiger charge is 2.43. The lowest BCUT2D eigenvalue weighted by Gasteiger charge is -2.39. The number of thiophene rings is 1. The van der Waals surface area contributed by atoms with Crippen molar-refractivity contribution in [3.05, 3.63) is 21.3 Å². The van der Waals surface area contributed by atoms with Gasteiger partial charge in [-0.1, -0.05) is 11.6 Å². The van der Waals surface area contributed by atoms with Crippen LogP contribution in [0.15, 0.2) is 12.1 Å². The average Bonchev–Trinajstić information content (AvgIpc) is 2.70. The first kappa shape index (κ1) is 13.0. The van der Waals surface area contributed by atoms with Gasteiger partial charge in [-0.25, -0.2) is 0 Å². The van der Waals surface area contributed by atoms with Crippen LogP contribution in [0.1, 0.15) is 23.5 Å². The van der Waals surface area contributed by atoms with Gasteiger partial charge in [0.05, 0.1) is 9.21 Å². The van der Waals surface area contributed by atoms with Gasteiger partial charge in [0.15, 0.2) is 0 Å². The number of piperazine rings is 1. The summed E-state index contributed by atoms with van der Waals surface area (Å²) in [7, 11) is 0. The summed E-state index contributed by atoms with van der Waals surface area (Å²) in [5, 5.41) is 2.22. The molecule has 18 heavy (non-hydrogen) atoms. The lowest BCUT2D eigenvalue weighted by atomic mass is 9.98. The van der Waals surface area contributed by atoms with Crippen molar-refractivity contribution in [2.75, 3.05) is 6.54 Å². The van der Waals surface area contributed by atoms with Crippen molar-refractivity contribution in [2.24, 2.45) is 0 Å². The van der Waals surface area contributed by atoms with Gasteiger partial charge >= 0.3 is 0 Å². The number of hydrogen-bond donors (Lipinski definition) is 1. The number of halogens is 1. The van der Waals surface area contributed by atoms with E-state index < -0.39 is 17.4 Å². The Morgan fingerprint density at radius 2 is 2.11 bits per heavy atom. The molecule has 1 aliphatic rings. The average molecular weight is 287 g/mol. The molecule has 5 nitrogen and oxygen atoms in total. The molecule has 0 aliphatic carbocycles. The van der Waals surface area contributed by atoms with Crippen molar-refractivity contribution in [3.63, 3.8) is 0 Å². The van der Waals surface area contributed by atoms with Crippen LogP contribution in [0.25, 0.3) is 0 Å². The quantitative estimate of drug-likeness (QED) is 0.791. The van der Waals surface area contributed by atoms with Crippen LogP contribution < -0.4 is 5.32 Å². The van der Waals surface area contributed by atoms with Crippen molar-refractivity contribution in [3.8, 4) is 0 Å². The molecule has 1 N–H and O–H groups in total. The molecule has 1 aromatic heterocycles. The molecule has 0 spiro atoms. The molecule has 1 aliphatic heterocycles. The second-order valence-electron chi connectivity index (χ2n) is 4.43. The summed E-state index contributed by atoms with van der Waals surface area (Å²) < 4.78 is 0.490. The van der Waals surface area contributed by atoms with Crippen LogP contribution in [0.5, 0.6) is 0 Å². The summed E-state index contributed by atoms with van der Waals surface area (Å²) in [6, 6.07) is 3.20. The first-order valence-electron chi connectivity index (χ1n) is 5.24. The number of amides is 3. The van der Waals surface area contributed by atoms with E-state index in [9.17, 15) is 14.4 Å². The second-order valence-corrected chi connectivity index (χ2v) is 6.15. The minimum atomic E-state index is -1.05. The Kier molecular flexibility index (Phi) is 3.16. The normalized spacial score (nSPS) is 18.7. The third kappa shape index (κ3) is 2.13. The van der Waals surface area contributed by atoms with Crippen LogP contribution in [-0.4, -0.2) is 34.7 Å². The van der Waals surface area contributed by atoms with Gasteiger partial charge in [0, 0.05) is 0 Å². The number of carbonyl (C=O) groups excluding carboxylic acids is 3. The van der Waals surface area contributed by atoms with Crippen molar-refractivity contribution in [2.45, 2.75) is 19.4 Å². The van der Waals surface area contributed by atoms with Gasteiger partial charge in [-0.05, 0) is 26.0 Å². The molecule has 0 unspecified atom stereocenters. The summed E-state index contributed by atoms with van der Waals surface area (Å²) >= 11 is 6.90. The minimum absolute atomic E-state index is 0.132. The summed E-state index contributed by atoms with van der Waals surface area (Å²) in [5.41, 5.74) is -1.05. The molecule has 0 aromatic carbocycles. The predicted octanol–water partition coefficient (Wildman–Crippen LogP) is 1.28. The predicted molar refractivity (Wildman–Crippen MR) is 67.6 cm³/mol. The van der Waals surface area contributed by atoms with Crippen LogP contribution in [-0.2, 0) is 9.59 Å². The largest absolute Gasteiger partial charge is 0.314 e. The molecule has 0 radical (unpaired) electrons. The van der Waals surface area contributed by atoms with Gasteiger partial charge < -0.3 is 4.90 Å². The topological polar surface area (TPSA) is 66.5 Å². The Hall–Kier alpha value is -1.40. The Labute approximate surface area is 113 Å². The van der Waals surface area contributed by atoms with Crippen molar-refractivity contribution in [1.29, 1.82) is 0 Å². The highest BCUT2D eigenvalue weighted by molar-refractivity contribution is 7.18. The molecule has 2 heterocycles. The van der Waals surface area contributed by atoms with Gasteiger partial charge in [0.25, 0.3) is 11.8 Å². The molecular formula is C11H11ClN2O3S. The van der Waals surface area contributed by atoms with Crippen molar-refractivity contribution < 1.29 is 14.4 Å². The van der Waals surface area contributed by atoms with E-state index in [4.69, 9.17) is 11.6 Å². The van der Waals surface area contributed by atoms with Crippen LogP contribution >= 0.6 is 22.9 Å². The summed E-state index contributed by atoms with van der Waals surface area (Å²) in [6.07, 6.45) is 0. The number of imide groups is 1. The maximum absolute atomic E-state index is 12.3. The number of carbonyl (C=O) groups is 3. The van der Waals surface area contributed by atoms with Gasteiger partial charge in [0.2, 0.25) is 5.91 Å². The number of nitrogens with zero attached hydrogens (tertiary/aromatic N) is 1. The molecule has 1 saturated heterocycles. The molecular weight excluding hydrogens is 276 g/mol. The zero-order valence-electron chi connectivity index (χ0n) is 9.82. The molecule has 2 rings (SSSR count). The molecule has 1 fully saturated rings. The van der Waals surface area contributed by atoms with Crippen molar-refractivity contribution in [1.82, 2.24) is 10.2 Å². The van der Waals surface area contributed by atoms with E-state index in [-0.39, 0.29) is 12.5 Å². The monoisotopic (exact) mass is 286 g/mol. The summed E-state index contributed by atoms with van der Waals surface area (Å²) in [5.74, 6) is -1.31. The van der Waals surface area contributed by atoms with Crippen LogP contribution in [0.3, 0.4) is 0 Å². The lowest BCUT2D eigenvalue weighted by molar-refractivity contribution is -0.143. The molecule has 7 heteroatoms. The first-order valence-corrected chi connectivity index (χ1v) is 6.43. The van der Waals surface area contributed by atoms with Crippen LogP contribution in [0.2, 0.25) is 4.34 Å². The first-order chi connectivity index (χ1) is 8.32. The minimum Gasteiger partial charge on any atom is -0.314 e. The fourth-order valence-corrected chi connectivity index (χ4v) is 2.66. The van der Waals surface area contributed by atoms with Crippen LogP contribution in [0.4, 0.5) is 0 Å². The molecule has 0 atom stereocenters. The highest BCUT2D eigenvalue weighted by atomic mass is 35.5. The lowest BCUT2D eigenvalue weighted by Crippen LogP contribution is -2.65. The molecule has 3 amide bonds. The fraction of sp³-hybridized carbons (Fsp3) is 0.364. The Balaban J connectivity index is 2.33. The van der Waals surface area contributed by atoms with E-state index in [1.165, 1.54) is 4.90 Å². The number of hydrogen-bond acceptors (Lipinski definition) is 4. The maximum Gasteiger partial charge on any atom is 0.265 e. The second kappa shape index (κ2) is 4.37. The molecule has 1 aromatic rings. The van der Waals surface area contributed by atoms with E-state index in [2.05, 4.69) is 5.32 Å². The maximum atomic E-state index is 12.3. The SMILES string of the molecule is CC1(C)C(=O)NC(=O)CN1C(=O)c1ccc(Cl)s1. The Morgan fingerprint density at radius 1 is 1.44 bits per heavy atom. The fourth-order valence-electron chi connectivity index (χ4n) is 1.67. The van der Waals surface area contributed by atoms with Crippen molar-refractivity contribution >= 4 is 40.7 Å². The Morgan fingerprint density at radius 3 is 2.67 bits per heavy atom. The molecule has 0 bridgehead atoms. The van der Waals surface area contributed by atoms with E-state index in [1.807, 2.05) is 0 Å². The number of nitrogens with one attached hydrogen (secondary N) is 1. The summed E-state index contributed by atoms with van der Waals surface area (Å²) in [6.45, 7) is 3.07.